The van der Waals surface area contributed by atoms with Gasteiger partial charge in [0.1, 0.15) is 5.41 Å². The number of carboxylic acids is 1. The van der Waals surface area contributed by atoms with Crippen LogP contribution in [0.1, 0.15) is 13.3 Å². The highest BCUT2D eigenvalue weighted by Gasteiger charge is 2.47. The van der Waals surface area contributed by atoms with Gasteiger partial charge in [0.2, 0.25) is 0 Å². The van der Waals surface area contributed by atoms with Crippen molar-refractivity contribution < 1.29 is 19.4 Å². The van der Waals surface area contributed by atoms with Crippen molar-refractivity contribution in [1.82, 2.24) is 15.5 Å². The molecule has 19 heavy (non-hydrogen) atoms. The van der Waals surface area contributed by atoms with Crippen LogP contribution in [0.3, 0.4) is 0 Å². The number of carbonyl (C=O) groups excluding carboxylic acids is 1. The first-order valence-electron chi connectivity index (χ1n) is 6.36. The van der Waals surface area contributed by atoms with E-state index in [1.54, 1.807) is 6.92 Å². The molecule has 0 saturated carbocycles. The van der Waals surface area contributed by atoms with Crippen LogP contribution in [-0.2, 0) is 9.53 Å². The van der Waals surface area contributed by atoms with Crippen LogP contribution in [0.5, 0.6) is 0 Å². The number of rotatable bonds is 6. The van der Waals surface area contributed by atoms with Crippen molar-refractivity contribution in [1.29, 1.82) is 0 Å². The maximum absolute atomic E-state index is 11.7. The summed E-state index contributed by atoms with van der Waals surface area (Å²) in [6.07, 6.45) is 0.845. The fourth-order valence-corrected chi connectivity index (χ4v) is 1.89. The van der Waals surface area contributed by atoms with Crippen LogP contribution in [0.25, 0.3) is 0 Å². The third kappa shape index (κ3) is 4.36. The summed E-state index contributed by atoms with van der Waals surface area (Å²) in [5, 5.41) is 14.6. The van der Waals surface area contributed by atoms with E-state index in [1.807, 2.05) is 19.0 Å². The Kier molecular flexibility index (Phi) is 5.56. The van der Waals surface area contributed by atoms with Crippen LogP contribution in [0.4, 0.5) is 4.79 Å². The SMILES string of the molecule is CN(C)CCCNC(=O)NC1COCC1(C)C(=O)O. The number of nitrogens with one attached hydrogen (secondary N) is 2. The Hall–Kier alpha value is -1.34. The second-order valence-electron chi connectivity index (χ2n) is 5.35. The van der Waals surface area contributed by atoms with Crippen molar-refractivity contribution in [3.63, 3.8) is 0 Å². The Morgan fingerprint density at radius 1 is 1.47 bits per heavy atom. The number of aliphatic carboxylic acids is 1. The van der Waals surface area contributed by atoms with Crippen LogP contribution in [0.15, 0.2) is 0 Å². The van der Waals surface area contributed by atoms with Crippen LogP contribution >= 0.6 is 0 Å². The number of carboxylic acid groups (broad SMARTS) is 1. The summed E-state index contributed by atoms with van der Waals surface area (Å²) in [6, 6.07) is -0.847. The first-order chi connectivity index (χ1) is 8.86. The van der Waals surface area contributed by atoms with Gasteiger partial charge in [-0.05, 0) is 34.0 Å². The molecular formula is C12H23N3O4. The van der Waals surface area contributed by atoms with Crippen LogP contribution in [0, 0.1) is 5.41 Å². The molecule has 1 rings (SSSR count). The number of amides is 2. The molecule has 110 valence electrons. The number of hydrogen-bond acceptors (Lipinski definition) is 4. The molecule has 0 aliphatic carbocycles. The highest BCUT2D eigenvalue weighted by molar-refractivity contribution is 5.79. The van der Waals surface area contributed by atoms with E-state index in [0.717, 1.165) is 13.0 Å². The number of hydrogen-bond donors (Lipinski definition) is 3. The lowest BCUT2D eigenvalue weighted by atomic mass is 9.85. The third-order valence-electron chi connectivity index (χ3n) is 3.32. The van der Waals surface area contributed by atoms with E-state index in [0.29, 0.717) is 6.54 Å². The molecule has 0 bridgehead atoms. The average Bonchev–Trinajstić information content (AvgIpc) is 2.68. The van der Waals surface area contributed by atoms with Gasteiger partial charge >= 0.3 is 12.0 Å². The van der Waals surface area contributed by atoms with E-state index in [1.165, 1.54) is 0 Å². The molecule has 1 aliphatic rings. The Morgan fingerprint density at radius 3 is 2.74 bits per heavy atom. The van der Waals surface area contributed by atoms with Gasteiger partial charge in [-0.3, -0.25) is 4.79 Å². The quantitative estimate of drug-likeness (QED) is 0.579. The molecule has 0 aromatic heterocycles. The molecular weight excluding hydrogens is 250 g/mol. The minimum atomic E-state index is -1.05. The van der Waals surface area contributed by atoms with E-state index in [2.05, 4.69) is 10.6 Å². The molecule has 2 amide bonds. The van der Waals surface area contributed by atoms with E-state index in [4.69, 9.17) is 4.74 Å². The van der Waals surface area contributed by atoms with Crippen LogP contribution in [0.2, 0.25) is 0 Å². The normalized spacial score (nSPS) is 26.4. The molecule has 1 heterocycles. The number of carbonyl (C=O) groups is 2. The Labute approximate surface area is 113 Å². The molecule has 1 fully saturated rings. The summed E-state index contributed by atoms with van der Waals surface area (Å²) < 4.78 is 5.16. The largest absolute Gasteiger partial charge is 0.481 e. The Bertz CT molecular complexity index is 335. The fourth-order valence-electron chi connectivity index (χ4n) is 1.89. The maximum atomic E-state index is 11.7. The summed E-state index contributed by atoms with van der Waals surface area (Å²) in [4.78, 5) is 24.9. The van der Waals surface area contributed by atoms with Gasteiger partial charge in [-0.2, -0.15) is 0 Å². The van der Waals surface area contributed by atoms with Crippen molar-refractivity contribution >= 4 is 12.0 Å². The number of ether oxygens (including phenoxy) is 1. The lowest BCUT2D eigenvalue weighted by Gasteiger charge is -2.25. The molecule has 7 nitrogen and oxygen atoms in total. The first kappa shape index (κ1) is 15.7. The molecule has 2 atom stereocenters. The predicted molar refractivity (Wildman–Crippen MR) is 70.1 cm³/mol. The fraction of sp³-hybridized carbons (Fsp3) is 0.833. The number of nitrogens with zero attached hydrogens (tertiary/aromatic N) is 1. The Balaban J connectivity index is 2.34. The molecule has 0 aromatic carbocycles. The molecule has 7 heteroatoms. The van der Waals surface area contributed by atoms with Crippen molar-refractivity contribution in [2.45, 2.75) is 19.4 Å². The van der Waals surface area contributed by atoms with Crippen LogP contribution in [-0.4, -0.2) is 68.4 Å². The van der Waals surface area contributed by atoms with Gasteiger partial charge in [0.25, 0.3) is 0 Å². The summed E-state index contributed by atoms with van der Waals surface area (Å²) in [7, 11) is 3.93. The molecule has 2 unspecified atom stereocenters. The van der Waals surface area contributed by atoms with E-state index < -0.39 is 17.4 Å². The smallest absolute Gasteiger partial charge is 0.315 e. The maximum Gasteiger partial charge on any atom is 0.315 e. The lowest BCUT2D eigenvalue weighted by Crippen LogP contribution is -2.52. The van der Waals surface area contributed by atoms with E-state index in [-0.39, 0.29) is 19.2 Å². The summed E-state index contributed by atoms with van der Waals surface area (Å²) in [5.74, 6) is -0.956. The Morgan fingerprint density at radius 2 is 2.16 bits per heavy atom. The molecule has 0 aromatic rings. The highest BCUT2D eigenvalue weighted by Crippen LogP contribution is 2.28. The molecule has 3 N–H and O–H groups in total. The lowest BCUT2D eigenvalue weighted by molar-refractivity contribution is -0.148. The van der Waals surface area contributed by atoms with Crippen molar-refractivity contribution in [2.24, 2.45) is 5.41 Å². The van der Waals surface area contributed by atoms with Crippen LogP contribution < -0.4 is 10.6 Å². The van der Waals surface area contributed by atoms with E-state index >= 15 is 0 Å². The minimum Gasteiger partial charge on any atom is -0.481 e. The van der Waals surface area contributed by atoms with E-state index in [9.17, 15) is 14.7 Å². The van der Waals surface area contributed by atoms with Gasteiger partial charge in [0, 0.05) is 6.54 Å². The molecule has 1 saturated heterocycles. The molecule has 1 aliphatic heterocycles. The minimum absolute atomic E-state index is 0.119. The summed E-state index contributed by atoms with van der Waals surface area (Å²) in [5.41, 5.74) is -1.05. The zero-order chi connectivity index (χ0) is 14.5. The third-order valence-corrected chi connectivity index (χ3v) is 3.32. The standard InChI is InChI=1S/C12H23N3O4/c1-12(10(16)17)8-19-7-9(12)14-11(18)13-5-4-6-15(2)3/h9H,4-8H2,1-3H3,(H,16,17)(H2,13,14,18). The van der Waals surface area contributed by atoms with Gasteiger partial charge in [0.15, 0.2) is 0 Å². The molecule has 0 radical (unpaired) electrons. The van der Waals surface area contributed by atoms with Crippen molar-refractivity contribution in [2.75, 3.05) is 40.4 Å². The van der Waals surface area contributed by atoms with Gasteiger partial charge in [-0.15, -0.1) is 0 Å². The van der Waals surface area contributed by atoms with Gasteiger partial charge in [-0.25, -0.2) is 4.79 Å². The second-order valence-corrected chi connectivity index (χ2v) is 5.35. The zero-order valence-electron chi connectivity index (χ0n) is 11.7. The predicted octanol–water partition coefficient (Wildman–Crippen LogP) is -0.273. The van der Waals surface area contributed by atoms with Crippen molar-refractivity contribution in [3.8, 4) is 0 Å². The van der Waals surface area contributed by atoms with Crippen molar-refractivity contribution in [3.05, 3.63) is 0 Å². The number of urea groups is 1. The monoisotopic (exact) mass is 273 g/mol. The summed E-state index contributed by atoms with van der Waals surface area (Å²) >= 11 is 0. The van der Waals surface area contributed by atoms with Gasteiger partial charge in [0.05, 0.1) is 19.3 Å². The van der Waals surface area contributed by atoms with Gasteiger partial charge in [-0.1, -0.05) is 0 Å². The molecule has 0 spiro atoms. The second kappa shape index (κ2) is 6.72. The average molecular weight is 273 g/mol. The van der Waals surface area contributed by atoms with Gasteiger partial charge < -0.3 is 25.4 Å². The first-order valence-corrected chi connectivity index (χ1v) is 6.36. The topological polar surface area (TPSA) is 90.9 Å². The summed E-state index contributed by atoms with van der Waals surface area (Å²) in [6.45, 7) is 3.38. The zero-order valence-corrected chi connectivity index (χ0v) is 11.7. The highest BCUT2D eigenvalue weighted by atomic mass is 16.5.